The number of ketones is 2. The third kappa shape index (κ3) is 4.32. The average molecular weight is 526 g/mol. The second-order valence-electron chi connectivity index (χ2n) is 6.39. The molecule has 142 valence electrons. The van der Waals surface area contributed by atoms with E-state index in [1.54, 1.807) is 24.3 Å². The van der Waals surface area contributed by atoms with Crippen LogP contribution in [0, 0.1) is 0 Å². The molecular formula is C24H14Br2O2S. The largest absolute Gasteiger partial charge is 0.288 e. The van der Waals surface area contributed by atoms with Crippen molar-refractivity contribution in [2.45, 2.75) is 0 Å². The second kappa shape index (κ2) is 8.57. The van der Waals surface area contributed by atoms with Crippen LogP contribution in [0.1, 0.15) is 30.5 Å². The minimum atomic E-state index is -0.0884. The molecule has 0 atom stereocenters. The first-order valence-corrected chi connectivity index (χ1v) is 11.2. The summed E-state index contributed by atoms with van der Waals surface area (Å²) < 4.78 is 1.82. The van der Waals surface area contributed by atoms with Crippen molar-refractivity contribution < 1.29 is 9.59 Å². The number of thiophene rings is 1. The van der Waals surface area contributed by atoms with Crippen LogP contribution >= 0.6 is 43.2 Å². The zero-order chi connectivity index (χ0) is 20.4. The summed E-state index contributed by atoms with van der Waals surface area (Å²) in [5.74, 6) is -0.175. The molecule has 0 aliphatic heterocycles. The summed E-state index contributed by atoms with van der Waals surface area (Å²) in [4.78, 5) is 27.4. The monoisotopic (exact) mass is 524 g/mol. The van der Waals surface area contributed by atoms with Gasteiger partial charge in [0.15, 0.2) is 0 Å². The summed E-state index contributed by atoms with van der Waals surface area (Å²) in [6.07, 6.45) is 0. The normalized spacial score (nSPS) is 10.7. The van der Waals surface area contributed by atoms with Gasteiger partial charge in [-0.25, -0.2) is 0 Å². The Hall–Kier alpha value is -2.34. The van der Waals surface area contributed by atoms with Gasteiger partial charge in [0.2, 0.25) is 11.6 Å². The van der Waals surface area contributed by atoms with E-state index >= 15 is 0 Å². The molecule has 1 aromatic heterocycles. The van der Waals surface area contributed by atoms with E-state index in [1.807, 2.05) is 60.7 Å². The van der Waals surface area contributed by atoms with E-state index in [2.05, 4.69) is 31.9 Å². The zero-order valence-electron chi connectivity index (χ0n) is 15.1. The zero-order valence-corrected chi connectivity index (χ0v) is 19.1. The van der Waals surface area contributed by atoms with Gasteiger partial charge in [0.05, 0.1) is 9.75 Å². The lowest BCUT2D eigenvalue weighted by atomic mass is 10.0. The second-order valence-corrected chi connectivity index (χ2v) is 9.28. The molecule has 0 saturated carbocycles. The Labute approximate surface area is 189 Å². The van der Waals surface area contributed by atoms with Crippen LogP contribution in [0.3, 0.4) is 0 Å². The Morgan fingerprint density at radius 2 is 1.17 bits per heavy atom. The molecule has 0 radical (unpaired) electrons. The van der Waals surface area contributed by atoms with Crippen LogP contribution in [0.25, 0.3) is 11.1 Å². The van der Waals surface area contributed by atoms with E-state index in [-0.39, 0.29) is 11.6 Å². The molecule has 1 heterocycles. The van der Waals surface area contributed by atoms with Gasteiger partial charge in [-0.2, -0.15) is 0 Å². The molecular weight excluding hydrogens is 512 g/mol. The number of carbonyl (C=O) groups is 2. The van der Waals surface area contributed by atoms with Crippen molar-refractivity contribution in [3.05, 3.63) is 115 Å². The molecule has 4 aromatic rings. The number of hydrogen-bond donors (Lipinski definition) is 0. The highest BCUT2D eigenvalue weighted by atomic mass is 79.9. The molecule has 0 N–H and O–H groups in total. The molecule has 0 spiro atoms. The summed E-state index contributed by atoms with van der Waals surface area (Å²) in [6, 6.07) is 26.0. The first-order valence-electron chi connectivity index (χ1n) is 8.83. The van der Waals surface area contributed by atoms with Crippen LogP contribution in [-0.2, 0) is 0 Å². The molecule has 0 fully saturated rings. The Bertz CT molecular complexity index is 1180. The number of halogens is 2. The lowest BCUT2D eigenvalue weighted by Crippen LogP contribution is -2.00. The van der Waals surface area contributed by atoms with Gasteiger partial charge in [-0.1, -0.05) is 62.2 Å². The SMILES string of the molecule is O=C(c1ccc(Br)cc1)c1cc(-c2ccccc2)c(C(=O)c2ccc(Br)cc2)s1. The Balaban J connectivity index is 1.81. The number of rotatable bonds is 5. The minimum Gasteiger partial charge on any atom is -0.288 e. The molecule has 0 bridgehead atoms. The molecule has 0 aliphatic rings. The van der Waals surface area contributed by atoms with E-state index in [9.17, 15) is 9.59 Å². The quantitative estimate of drug-likeness (QED) is 0.254. The highest BCUT2D eigenvalue weighted by molar-refractivity contribution is 9.10. The van der Waals surface area contributed by atoms with Crippen molar-refractivity contribution in [1.82, 2.24) is 0 Å². The minimum absolute atomic E-state index is 0.0868. The van der Waals surface area contributed by atoms with E-state index in [0.29, 0.717) is 20.9 Å². The number of carbonyl (C=O) groups excluding carboxylic acids is 2. The summed E-state index contributed by atoms with van der Waals surface area (Å²) >= 11 is 8.04. The van der Waals surface area contributed by atoms with Gasteiger partial charge < -0.3 is 0 Å². The Morgan fingerprint density at radius 3 is 1.72 bits per heavy atom. The number of benzene rings is 3. The summed E-state index contributed by atoms with van der Waals surface area (Å²) in [5.41, 5.74) is 2.88. The summed E-state index contributed by atoms with van der Waals surface area (Å²) in [7, 11) is 0. The van der Waals surface area contributed by atoms with Gasteiger partial charge in [-0.15, -0.1) is 11.3 Å². The van der Waals surface area contributed by atoms with Gasteiger partial charge in [0.1, 0.15) is 0 Å². The fourth-order valence-corrected chi connectivity index (χ4v) is 4.61. The lowest BCUT2D eigenvalue weighted by Gasteiger charge is -2.04. The van der Waals surface area contributed by atoms with Gasteiger partial charge >= 0.3 is 0 Å². The van der Waals surface area contributed by atoms with Crippen molar-refractivity contribution in [3.8, 4) is 11.1 Å². The molecule has 0 aliphatic carbocycles. The third-order valence-corrected chi connectivity index (χ3v) is 6.65. The van der Waals surface area contributed by atoms with Gasteiger partial charge in [-0.05, 0) is 60.2 Å². The fourth-order valence-electron chi connectivity index (χ4n) is 2.98. The predicted octanol–water partition coefficient (Wildman–Crippen LogP) is 7.40. The van der Waals surface area contributed by atoms with Crippen molar-refractivity contribution >= 4 is 54.8 Å². The van der Waals surface area contributed by atoms with E-state index in [1.165, 1.54) is 11.3 Å². The Kier molecular flexibility index (Phi) is 5.90. The van der Waals surface area contributed by atoms with Crippen LogP contribution in [0.15, 0.2) is 93.9 Å². The Morgan fingerprint density at radius 1 is 0.655 bits per heavy atom. The first kappa shape index (κ1) is 20.0. The van der Waals surface area contributed by atoms with Crippen molar-refractivity contribution in [2.24, 2.45) is 0 Å². The summed E-state index contributed by atoms with van der Waals surface area (Å²) in [6.45, 7) is 0. The van der Waals surface area contributed by atoms with Crippen LogP contribution in [0.5, 0.6) is 0 Å². The molecule has 5 heteroatoms. The van der Waals surface area contributed by atoms with Crippen molar-refractivity contribution in [3.63, 3.8) is 0 Å². The average Bonchev–Trinajstić information content (AvgIpc) is 3.20. The third-order valence-electron chi connectivity index (χ3n) is 4.46. The maximum absolute atomic E-state index is 13.2. The van der Waals surface area contributed by atoms with E-state index in [4.69, 9.17) is 0 Å². The first-order chi connectivity index (χ1) is 14.0. The smallest absolute Gasteiger partial charge is 0.203 e. The van der Waals surface area contributed by atoms with Crippen LogP contribution in [0.4, 0.5) is 0 Å². The lowest BCUT2D eigenvalue weighted by molar-refractivity contribution is 0.103. The number of hydrogen-bond acceptors (Lipinski definition) is 3. The van der Waals surface area contributed by atoms with E-state index < -0.39 is 0 Å². The molecule has 2 nitrogen and oxygen atoms in total. The van der Waals surface area contributed by atoms with Crippen LogP contribution in [-0.4, -0.2) is 11.6 Å². The molecule has 0 saturated heterocycles. The topological polar surface area (TPSA) is 34.1 Å². The fraction of sp³-hybridized carbons (Fsp3) is 0. The molecule has 3 aromatic carbocycles. The maximum Gasteiger partial charge on any atom is 0.203 e. The molecule has 4 rings (SSSR count). The van der Waals surface area contributed by atoms with Crippen molar-refractivity contribution in [2.75, 3.05) is 0 Å². The highest BCUT2D eigenvalue weighted by Gasteiger charge is 2.22. The van der Waals surface area contributed by atoms with Gasteiger partial charge in [-0.3, -0.25) is 9.59 Å². The summed E-state index contributed by atoms with van der Waals surface area (Å²) in [5, 5.41) is 0. The van der Waals surface area contributed by atoms with Crippen LogP contribution in [0.2, 0.25) is 0 Å². The standard InChI is InChI=1S/C24H14Br2O2S/c25-18-10-6-16(7-11-18)22(27)21-14-20(15-4-2-1-3-5-15)24(29-21)23(28)17-8-12-19(26)13-9-17/h1-14H. The molecule has 0 amide bonds. The predicted molar refractivity (Wildman–Crippen MR) is 125 cm³/mol. The van der Waals surface area contributed by atoms with Gasteiger partial charge in [0, 0.05) is 25.6 Å². The molecule has 0 unspecified atom stereocenters. The van der Waals surface area contributed by atoms with E-state index in [0.717, 1.165) is 20.1 Å². The molecule has 29 heavy (non-hydrogen) atoms. The highest BCUT2D eigenvalue weighted by Crippen LogP contribution is 2.35. The maximum atomic E-state index is 13.2. The van der Waals surface area contributed by atoms with Gasteiger partial charge in [0.25, 0.3) is 0 Å². The van der Waals surface area contributed by atoms with Crippen LogP contribution < -0.4 is 0 Å². The van der Waals surface area contributed by atoms with Crippen molar-refractivity contribution in [1.29, 1.82) is 0 Å².